The fourth-order valence-electron chi connectivity index (χ4n) is 4.34. The summed E-state index contributed by atoms with van der Waals surface area (Å²) in [6.45, 7) is 6.51. The zero-order valence-electron chi connectivity index (χ0n) is 20.0. The molecule has 0 aliphatic heterocycles. The molecule has 0 N–H and O–H groups in total. The van der Waals surface area contributed by atoms with Crippen molar-refractivity contribution in [1.82, 2.24) is 0 Å². The molecular formula is C26H24F6O3. The molecule has 0 unspecified atom stereocenters. The van der Waals surface area contributed by atoms with E-state index in [2.05, 4.69) is 0 Å². The average Bonchev–Trinajstić information content (AvgIpc) is 3.19. The molecule has 4 rings (SSSR count). The number of fused-ring (bicyclic) bond motifs is 1. The number of alkyl halides is 6. The van der Waals surface area contributed by atoms with Gasteiger partial charge >= 0.3 is 17.8 Å². The number of methoxy groups -OCH3 is 2. The van der Waals surface area contributed by atoms with Crippen molar-refractivity contribution in [3.8, 4) is 22.8 Å². The van der Waals surface area contributed by atoms with E-state index in [-0.39, 0.29) is 39.2 Å². The summed E-state index contributed by atoms with van der Waals surface area (Å²) < 4.78 is 104. The maximum atomic E-state index is 15.1. The van der Waals surface area contributed by atoms with Gasteiger partial charge in [0.05, 0.1) is 19.6 Å². The maximum absolute atomic E-state index is 15.1. The second-order valence-corrected chi connectivity index (χ2v) is 9.56. The molecule has 0 saturated heterocycles. The molecule has 0 bridgehead atoms. The first kappa shape index (κ1) is 25.0. The van der Waals surface area contributed by atoms with Crippen LogP contribution in [-0.2, 0) is 5.41 Å². The van der Waals surface area contributed by atoms with Gasteiger partial charge in [0.25, 0.3) is 0 Å². The molecule has 0 fully saturated rings. The Morgan fingerprint density at radius 2 is 1.43 bits per heavy atom. The van der Waals surface area contributed by atoms with Gasteiger partial charge in [0.1, 0.15) is 22.8 Å². The third-order valence-electron chi connectivity index (χ3n) is 6.40. The molecule has 9 heteroatoms. The fraction of sp³-hybridized carbons (Fsp3) is 0.385. The minimum absolute atomic E-state index is 0.0410. The van der Waals surface area contributed by atoms with E-state index < -0.39 is 34.5 Å². The van der Waals surface area contributed by atoms with Crippen molar-refractivity contribution in [3.63, 3.8) is 0 Å². The largest absolute Gasteiger partial charge is 0.496 e. The fourth-order valence-corrected chi connectivity index (χ4v) is 4.34. The standard InChI is InChI=1S/C26H24F6O3/c1-13-21(25(29,30)26(31,32)24(13,27)28)20-19-17(34-6)11-16(33-5)12-18(19)35-22(20)14-7-9-15(10-8-14)23(2,3)4/h7-12H,1-6H3. The zero-order chi connectivity index (χ0) is 26.1. The monoisotopic (exact) mass is 498 g/mol. The predicted octanol–water partition coefficient (Wildman–Crippen LogP) is 8.11. The summed E-state index contributed by atoms with van der Waals surface area (Å²) >= 11 is 0. The Labute approximate surface area is 198 Å². The highest BCUT2D eigenvalue weighted by Crippen LogP contribution is 2.64. The molecule has 0 atom stereocenters. The van der Waals surface area contributed by atoms with E-state index in [1.807, 2.05) is 20.8 Å². The summed E-state index contributed by atoms with van der Waals surface area (Å²) in [6.07, 6.45) is 0. The van der Waals surface area contributed by atoms with Gasteiger partial charge in [-0.05, 0) is 17.9 Å². The van der Waals surface area contributed by atoms with Crippen molar-refractivity contribution in [2.75, 3.05) is 14.2 Å². The third kappa shape index (κ3) is 3.42. The van der Waals surface area contributed by atoms with E-state index in [4.69, 9.17) is 13.9 Å². The van der Waals surface area contributed by atoms with Crippen LogP contribution in [0.1, 0.15) is 38.8 Å². The van der Waals surface area contributed by atoms with E-state index in [0.29, 0.717) is 6.92 Å². The second kappa shape index (κ2) is 7.70. The topological polar surface area (TPSA) is 31.6 Å². The molecule has 1 aliphatic carbocycles. The molecule has 0 amide bonds. The summed E-state index contributed by atoms with van der Waals surface area (Å²) in [5.41, 5.74) is -2.58. The van der Waals surface area contributed by atoms with Crippen molar-refractivity contribution in [2.45, 2.75) is 50.9 Å². The average molecular weight is 498 g/mol. The van der Waals surface area contributed by atoms with E-state index in [1.54, 1.807) is 24.3 Å². The summed E-state index contributed by atoms with van der Waals surface area (Å²) in [4.78, 5) is 0. The summed E-state index contributed by atoms with van der Waals surface area (Å²) in [5.74, 6) is -15.9. The minimum atomic E-state index is -5.63. The Balaban J connectivity index is 2.13. The minimum Gasteiger partial charge on any atom is -0.496 e. The predicted molar refractivity (Wildman–Crippen MR) is 121 cm³/mol. The summed E-state index contributed by atoms with van der Waals surface area (Å²) in [5, 5.41) is -0.134. The van der Waals surface area contributed by atoms with Crippen LogP contribution in [0.4, 0.5) is 26.3 Å². The Morgan fingerprint density at radius 1 is 0.829 bits per heavy atom. The lowest BCUT2D eigenvalue weighted by atomic mass is 9.86. The van der Waals surface area contributed by atoms with Crippen molar-refractivity contribution >= 4 is 16.5 Å². The van der Waals surface area contributed by atoms with Crippen molar-refractivity contribution < 1.29 is 40.2 Å². The lowest BCUT2D eigenvalue weighted by Crippen LogP contribution is -2.48. The third-order valence-corrected chi connectivity index (χ3v) is 6.40. The van der Waals surface area contributed by atoms with Gasteiger partial charge in [-0.1, -0.05) is 45.0 Å². The van der Waals surface area contributed by atoms with Crippen molar-refractivity contribution in [3.05, 3.63) is 53.1 Å². The quantitative estimate of drug-likeness (QED) is 0.341. The molecule has 0 saturated carbocycles. The van der Waals surface area contributed by atoms with Crippen LogP contribution in [0.3, 0.4) is 0 Å². The van der Waals surface area contributed by atoms with Gasteiger partial charge < -0.3 is 13.9 Å². The van der Waals surface area contributed by atoms with E-state index in [0.717, 1.165) is 5.56 Å². The van der Waals surface area contributed by atoms with Crippen LogP contribution in [0.25, 0.3) is 27.9 Å². The molecular weight excluding hydrogens is 474 g/mol. The highest BCUT2D eigenvalue weighted by molar-refractivity contribution is 6.05. The summed E-state index contributed by atoms with van der Waals surface area (Å²) in [6, 6.07) is 9.32. The number of furan rings is 1. The lowest BCUT2D eigenvalue weighted by molar-refractivity contribution is -0.259. The highest BCUT2D eigenvalue weighted by atomic mass is 19.3. The lowest BCUT2D eigenvalue weighted by Gasteiger charge is -2.25. The molecule has 1 heterocycles. The van der Waals surface area contributed by atoms with Crippen LogP contribution in [0, 0.1) is 0 Å². The van der Waals surface area contributed by atoms with E-state index in [9.17, 15) is 17.6 Å². The molecule has 3 aromatic rings. The molecule has 35 heavy (non-hydrogen) atoms. The van der Waals surface area contributed by atoms with Gasteiger partial charge in [-0.25, -0.2) is 0 Å². The Bertz CT molecular complexity index is 1330. The number of rotatable bonds is 4. The first-order valence-electron chi connectivity index (χ1n) is 10.7. The van der Waals surface area contributed by atoms with Crippen molar-refractivity contribution in [2.24, 2.45) is 0 Å². The smallest absolute Gasteiger partial charge is 0.380 e. The van der Waals surface area contributed by atoms with Gasteiger partial charge in [-0.15, -0.1) is 0 Å². The molecule has 0 spiro atoms. The number of benzene rings is 2. The van der Waals surface area contributed by atoms with Gasteiger partial charge in [0.15, 0.2) is 0 Å². The Kier molecular flexibility index (Phi) is 5.50. The Morgan fingerprint density at radius 3 is 1.89 bits per heavy atom. The van der Waals surface area contributed by atoms with Gasteiger partial charge in [0.2, 0.25) is 0 Å². The van der Waals surface area contributed by atoms with Crippen LogP contribution in [0.5, 0.6) is 11.5 Å². The van der Waals surface area contributed by atoms with E-state index >= 15 is 8.78 Å². The second-order valence-electron chi connectivity index (χ2n) is 9.56. The van der Waals surface area contributed by atoms with Crippen molar-refractivity contribution in [1.29, 1.82) is 0 Å². The van der Waals surface area contributed by atoms with Gasteiger partial charge in [0, 0.05) is 34.4 Å². The van der Waals surface area contributed by atoms with Crippen LogP contribution in [0.15, 0.2) is 46.4 Å². The molecule has 188 valence electrons. The number of allylic oxidation sites excluding steroid dienone is 2. The zero-order valence-corrected chi connectivity index (χ0v) is 20.0. The molecule has 0 radical (unpaired) electrons. The maximum Gasteiger partial charge on any atom is 0.380 e. The number of hydrogen-bond acceptors (Lipinski definition) is 3. The van der Waals surface area contributed by atoms with Gasteiger partial charge in [-0.2, -0.15) is 26.3 Å². The molecule has 2 aromatic carbocycles. The van der Waals surface area contributed by atoms with Gasteiger partial charge in [-0.3, -0.25) is 0 Å². The summed E-state index contributed by atoms with van der Waals surface area (Å²) in [7, 11) is 2.59. The number of ether oxygens (including phenoxy) is 2. The molecule has 1 aromatic heterocycles. The van der Waals surface area contributed by atoms with Crippen LogP contribution in [-0.4, -0.2) is 32.0 Å². The molecule has 1 aliphatic rings. The molecule has 3 nitrogen and oxygen atoms in total. The SMILES string of the molecule is COc1cc(OC)c2c(C3=C(C)C(F)(F)C(F)(F)C3(F)F)c(-c3ccc(C(C)(C)C)cc3)oc2c1. The normalized spacial score (nSPS) is 18.9. The van der Waals surface area contributed by atoms with Crippen LogP contribution >= 0.6 is 0 Å². The van der Waals surface area contributed by atoms with E-state index in [1.165, 1.54) is 26.4 Å². The Hall–Kier alpha value is -3.10. The number of hydrogen-bond donors (Lipinski definition) is 0. The highest BCUT2D eigenvalue weighted by Gasteiger charge is 2.79. The first-order valence-corrected chi connectivity index (χ1v) is 10.7. The van der Waals surface area contributed by atoms with Crippen LogP contribution < -0.4 is 9.47 Å². The number of halogens is 6. The van der Waals surface area contributed by atoms with Crippen LogP contribution in [0.2, 0.25) is 0 Å². The first-order chi connectivity index (χ1) is 16.1.